The van der Waals surface area contributed by atoms with Crippen LogP contribution in [0, 0.1) is 0 Å². The van der Waals surface area contributed by atoms with Crippen LogP contribution in [0.25, 0.3) is 0 Å². The Morgan fingerprint density at radius 2 is 1.76 bits per heavy atom. The highest BCUT2D eigenvalue weighted by Gasteiger charge is 2.25. The molecule has 1 atom stereocenters. The number of nitrogens with one attached hydrogen (secondary N) is 2. The standard InChI is InChI=1S/C21H22Cl2N4O5S2/c1-4-31-17-9-6-13(10-18(17)32-5-2)12(3)27-34(29,30)21-26-25-20(33-21)24-19(28)15-8-7-14(22)11-16(15)23/h6-12,27H,4-5H2,1-3H3,(H,24,25,28). The third-order valence-electron chi connectivity index (χ3n) is 4.43. The molecule has 0 aliphatic carbocycles. The molecular weight excluding hydrogens is 523 g/mol. The van der Waals surface area contributed by atoms with Crippen molar-refractivity contribution in [3.8, 4) is 11.5 Å². The van der Waals surface area contributed by atoms with Gasteiger partial charge in [-0.1, -0.05) is 40.6 Å². The van der Waals surface area contributed by atoms with Crippen LogP contribution in [-0.4, -0.2) is 37.7 Å². The van der Waals surface area contributed by atoms with Crippen molar-refractivity contribution >= 4 is 55.6 Å². The molecule has 0 saturated carbocycles. The zero-order valence-corrected chi connectivity index (χ0v) is 21.6. The van der Waals surface area contributed by atoms with Crippen molar-refractivity contribution in [2.24, 2.45) is 0 Å². The topological polar surface area (TPSA) is 120 Å². The highest BCUT2D eigenvalue weighted by Crippen LogP contribution is 2.31. The predicted molar refractivity (Wildman–Crippen MR) is 132 cm³/mol. The smallest absolute Gasteiger partial charge is 0.270 e. The monoisotopic (exact) mass is 544 g/mol. The first-order valence-electron chi connectivity index (χ1n) is 10.2. The van der Waals surface area contributed by atoms with Crippen molar-refractivity contribution < 1.29 is 22.7 Å². The van der Waals surface area contributed by atoms with Crippen LogP contribution in [0.2, 0.25) is 10.0 Å². The molecule has 2 aromatic carbocycles. The van der Waals surface area contributed by atoms with Gasteiger partial charge in [-0.2, -0.15) is 0 Å². The zero-order valence-electron chi connectivity index (χ0n) is 18.5. The quantitative estimate of drug-likeness (QED) is 0.347. The van der Waals surface area contributed by atoms with Gasteiger partial charge in [0.25, 0.3) is 15.9 Å². The number of rotatable bonds is 10. The summed E-state index contributed by atoms with van der Waals surface area (Å²) in [5, 5.41) is 10.5. The fourth-order valence-electron chi connectivity index (χ4n) is 2.90. The number of hydrogen-bond donors (Lipinski definition) is 2. The average molecular weight is 545 g/mol. The minimum Gasteiger partial charge on any atom is -0.490 e. The van der Waals surface area contributed by atoms with Crippen molar-refractivity contribution in [1.82, 2.24) is 14.9 Å². The van der Waals surface area contributed by atoms with Crippen LogP contribution in [0.5, 0.6) is 11.5 Å². The van der Waals surface area contributed by atoms with E-state index in [4.69, 9.17) is 32.7 Å². The van der Waals surface area contributed by atoms with Gasteiger partial charge in [-0.05, 0) is 56.7 Å². The van der Waals surface area contributed by atoms with Crippen LogP contribution < -0.4 is 19.5 Å². The Labute approximate surface area is 211 Å². The summed E-state index contributed by atoms with van der Waals surface area (Å²) >= 11 is 12.6. The Hall–Kier alpha value is -2.44. The third-order valence-corrected chi connectivity index (χ3v) is 7.73. The van der Waals surface area contributed by atoms with Crippen LogP contribution in [-0.2, 0) is 10.0 Å². The van der Waals surface area contributed by atoms with Gasteiger partial charge in [0.1, 0.15) is 0 Å². The fourth-order valence-corrected chi connectivity index (χ4v) is 5.53. The minimum absolute atomic E-state index is 0.00347. The van der Waals surface area contributed by atoms with Gasteiger partial charge < -0.3 is 9.47 Å². The van der Waals surface area contributed by atoms with Crippen molar-refractivity contribution in [3.05, 3.63) is 57.6 Å². The minimum atomic E-state index is -4.02. The molecule has 34 heavy (non-hydrogen) atoms. The van der Waals surface area contributed by atoms with E-state index in [2.05, 4.69) is 20.2 Å². The number of ether oxygens (including phenoxy) is 2. The number of carbonyl (C=O) groups excluding carboxylic acids is 1. The first-order chi connectivity index (χ1) is 16.1. The molecule has 13 heteroatoms. The number of halogens is 2. The number of carbonyl (C=O) groups is 1. The van der Waals surface area contributed by atoms with E-state index in [-0.39, 0.29) is 20.1 Å². The van der Waals surface area contributed by atoms with Gasteiger partial charge in [0.2, 0.25) is 9.47 Å². The van der Waals surface area contributed by atoms with Gasteiger partial charge in [-0.15, -0.1) is 10.2 Å². The summed E-state index contributed by atoms with van der Waals surface area (Å²) in [7, 11) is -4.02. The molecule has 0 bridgehead atoms. The summed E-state index contributed by atoms with van der Waals surface area (Å²) in [4.78, 5) is 12.4. The van der Waals surface area contributed by atoms with Crippen molar-refractivity contribution in [2.45, 2.75) is 31.2 Å². The molecule has 182 valence electrons. The largest absolute Gasteiger partial charge is 0.490 e. The molecule has 0 aliphatic heterocycles. The van der Waals surface area contributed by atoms with E-state index in [9.17, 15) is 13.2 Å². The molecule has 0 fully saturated rings. The molecule has 3 aromatic rings. The molecule has 3 rings (SSSR count). The maximum atomic E-state index is 12.8. The number of nitrogens with zero attached hydrogens (tertiary/aromatic N) is 2. The third kappa shape index (κ3) is 6.36. The Bertz CT molecular complexity index is 1280. The number of anilines is 1. The summed E-state index contributed by atoms with van der Waals surface area (Å²) in [6.07, 6.45) is 0. The maximum absolute atomic E-state index is 12.8. The number of hydrogen-bond acceptors (Lipinski definition) is 8. The molecule has 0 aliphatic rings. The molecule has 1 aromatic heterocycles. The Morgan fingerprint density at radius 3 is 2.44 bits per heavy atom. The zero-order chi connectivity index (χ0) is 24.9. The van der Waals surface area contributed by atoms with Gasteiger partial charge in [0, 0.05) is 11.1 Å². The molecule has 1 amide bonds. The fraction of sp³-hybridized carbons (Fsp3) is 0.286. The molecule has 1 unspecified atom stereocenters. The van der Waals surface area contributed by atoms with Gasteiger partial charge in [-0.3, -0.25) is 10.1 Å². The van der Waals surface area contributed by atoms with Crippen molar-refractivity contribution in [3.63, 3.8) is 0 Å². The summed E-state index contributed by atoms with van der Waals surface area (Å²) in [6, 6.07) is 9.00. The lowest BCUT2D eigenvalue weighted by molar-refractivity contribution is 0.102. The van der Waals surface area contributed by atoms with Crippen molar-refractivity contribution in [1.29, 1.82) is 0 Å². The van der Waals surface area contributed by atoms with Crippen LogP contribution in [0.1, 0.15) is 42.7 Å². The Balaban J connectivity index is 1.73. The van der Waals surface area contributed by atoms with E-state index in [1.807, 2.05) is 13.8 Å². The van der Waals surface area contributed by atoms with Crippen molar-refractivity contribution in [2.75, 3.05) is 18.5 Å². The van der Waals surface area contributed by atoms with E-state index in [1.54, 1.807) is 25.1 Å². The van der Waals surface area contributed by atoms with E-state index in [0.29, 0.717) is 46.6 Å². The first kappa shape index (κ1) is 26.2. The number of amides is 1. The van der Waals surface area contributed by atoms with Crippen LogP contribution >= 0.6 is 34.5 Å². The second-order valence-corrected chi connectivity index (χ2v) is 10.6. The molecular formula is C21H22Cl2N4O5S2. The summed E-state index contributed by atoms with van der Waals surface area (Å²) in [5.74, 6) is 0.532. The highest BCUT2D eigenvalue weighted by atomic mass is 35.5. The maximum Gasteiger partial charge on any atom is 0.270 e. The van der Waals surface area contributed by atoms with E-state index in [0.717, 1.165) is 0 Å². The Kier molecular flexibility index (Phi) is 8.72. The SMILES string of the molecule is CCOc1ccc(C(C)NS(=O)(=O)c2nnc(NC(=O)c3ccc(Cl)cc3Cl)s2)cc1OCC. The van der Waals surface area contributed by atoms with Gasteiger partial charge in [0.15, 0.2) is 11.5 Å². The van der Waals surface area contributed by atoms with Crippen LogP contribution in [0.3, 0.4) is 0 Å². The summed E-state index contributed by atoms with van der Waals surface area (Å²) < 4.78 is 39.1. The predicted octanol–water partition coefficient (Wildman–Crippen LogP) is 4.93. The molecule has 2 N–H and O–H groups in total. The molecule has 0 spiro atoms. The van der Waals surface area contributed by atoms with Gasteiger partial charge in [-0.25, -0.2) is 13.1 Å². The summed E-state index contributed by atoms with van der Waals surface area (Å²) in [5.41, 5.74) is 0.837. The lowest BCUT2D eigenvalue weighted by Crippen LogP contribution is -2.26. The second kappa shape index (κ2) is 11.3. The highest BCUT2D eigenvalue weighted by molar-refractivity contribution is 7.91. The first-order valence-corrected chi connectivity index (χ1v) is 13.2. The summed E-state index contributed by atoms with van der Waals surface area (Å²) in [6.45, 7) is 6.31. The lowest BCUT2D eigenvalue weighted by Gasteiger charge is -2.16. The van der Waals surface area contributed by atoms with Crippen LogP contribution in [0.15, 0.2) is 40.7 Å². The molecule has 0 radical (unpaired) electrons. The number of sulfonamides is 1. The molecule has 0 saturated heterocycles. The number of benzene rings is 2. The average Bonchev–Trinajstić information content (AvgIpc) is 3.24. The number of aromatic nitrogens is 2. The van der Waals surface area contributed by atoms with E-state index >= 15 is 0 Å². The normalized spacial score (nSPS) is 12.3. The molecule has 1 heterocycles. The van der Waals surface area contributed by atoms with Crippen LogP contribution in [0.4, 0.5) is 5.13 Å². The van der Waals surface area contributed by atoms with Gasteiger partial charge >= 0.3 is 0 Å². The van der Waals surface area contributed by atoms with E-state index < -0.39 is 22.0 Å². The van der Waals surface area contributed by atoms with Gasteiger partial charge in [0.05, 0.1) is 23.8 Å². The lowest BCUT2D eigenvalue weighted by atomic mass is 10.1. The van der Waals surface area contributed by atoms with E-state index in [1.165, 1.54) is 18.2 Å². The second-order valence-electron chi connectivity index (χ2n) is 6.87. The Morgan fingerprint density at radius 1 is 1.06 bits per heavy atom. The molecule has 9 nitrogen and oxygen atoms in total.